The fourth-order valence-electron chi connectivity index (χ4n) is 1.13. The van der Waals surface area contributed by atoms with Gasteiger partial charge < -0.3 is 10.1 Å². The van der Waals surface area contributed by atoms with Gasteiger partial charge in [-0.15, -0.1) is 0 Å². The fraction of sp³-hybridized carbons (Fsp3) is 0.667. The van der Waals surface area contributed by atoms with E-state index in [1.165, 1.54) is 0 Å². The van der Waals surface area contributed by atoms with Crippen LogP contribution in [0.25, 0.3) is 0 Å². The number of hydrogen-bond acceptors (Lipinski definition) is 4. The van der Waals surface area contributed by atoms with Gasteiger partial charge in [-0.1, -0.05) is 6.58 Å². The average molecular weight is 184 g/mol. The standard InChI is InChI=1S/C9H16N2O2/c1-8(2)9(12)13-6-5-11-4-3-10-7-11/h10H,1,3-7H2,2H3. The summed E-state index contributed by atoms with van der Waals surface area (Å²) in [6.07, 6.45) is 0. The van der Waals surface area contributed by atoms with Crippen molar-refractivity contribution in [3.05, 3.63) is 12.2 Å². The first-order chi connectivity index (χ1) is 6.20. The molecule has 0 radical (unpaired) electrons. The smallest absolute Gasteiger partial charge is 0.333 e. The molecule has 0 aromatic rings. The zero-order chi connectivity index (χ0) is 9.68. The van der Waals surface area contributed by atoms with E-state index in [0.29, 0.717) is 12.2 Å². The van der Waals surface area contributed by atoms with Crippen molar-refractivity contribution in [3.8, 4) is 0 Å². The Morgan fingerprint density at radius 2 is 2.46 bits per heavy atom. The fourth-order valence-corrected chi connectivity index (χ4v) is 1.13. The van der Waals surface area contributed by atoms with Crippen LogP contribution in [0.15, 0.2) is 12.2 Å². The molecule has 1 aliphatic rings. The molecule has 1 saturated heterocycles. The molecule has 0 amide bonds. The molecule has 13 heavy (non-hydrogen) atoms. The Labute approximate surface area is 78.5 Å². The normalized spacial score (nSPS) is 17.3. The Hall–Kier alpha value is -0.870. The van der Waals surface area contributed by atoms with E-state index in [2.05, 4.69) is 16.8 Å². The minimum Gasteiger partial charge on any atom is -0.461 e. The molecule has 4 nitrogen and oxygen atoms in total. The van der Waals surface area contributed by atoms with Crippen LogP contribution in [-0.2, 0) is 9.53 Å². The van der Waals surface area contributed by atoms with Gasteiger partial charge in [0, 0.05) is 31.9 Å². The molecule has 0 bridgehead atoms. The predicted octanol–water partition coefficient (Wildman–Crippen LogP) is -0.0316. The van der Waals surface area contributed by atoms with Gasteiger partial charge in [-0.2, -0.15) is 0 Å². The maximum Gasteiger partial charge on any atom is 0.333 e. The largest absolute Gasteiger partial charge is 0.461 e. The van der Waals surface area contributed by atoms with Crippen LogP contribution in [-0.4, -0.2) is 43.8 Å². The summed E-state index contributed by atoms with van der Waals surface area (Å²) in [6.45, 7) is 9.35. The molecule has 1 rings (SSSR count). The van der Waals surface area contributed by atoms with Crippen LogP contribution >= 0.6 is 0 Å². The molecule has 74 valence electrons. The third kappa shape index (κ3) is 3.57. The van der Waals surface area contributed by atoms with Gasteiger partial charge in [0.1, 0.15) is 6.61 Å². The highest BCUT2D eigenvalue weighted by Crippen LogP contribution is 1.95. The first-order valence-electron chi connectivity index (χ1n) is 4.46. The molecule has 1 heterocycles. The maximum atomic E-state index is 11.0. The summed E-state index contributed by atoms with van der Waals surface area (Å²) in [5, 5.41) is 3.20. The number of carbonyl (C=O) groups is 1. The molecule has 0 unspecified atom stereocenters. The number of esters is 1. The van der Waals surface area contributed by atoms with Crippen molar-refractivity contribution in [1.29, 1.82) is 0 Å². The first-order valence-corrected chi connectivity index (χ1v) is 4.46. The molecular formula is C9H16N2O2. The van der Waals surface area contributed by atoms with Gasteiger partial charge in [0.25, 0.3) is 0 Å². The molecular weight excluding hydrogens is 168 g/mol. The number of nitrogens with zero attached hydrogens (tertiary/aromatic N) is 1. The van der Waals surface area contributed by atoms with Gasteiger partial charge in [0.2, 0.25) is 0 Å². The molecule has 0 aliphatic carbocycles. The summed E-state index contributed by atoms with van der Waals surface area (Å²) in [4.78, 5) is 13.2. The second-order valence-corrected chi connectivity index (χ2v) is 3.19. The second-order valence-electron chi connectivity index (χ2n) is 3.19. The van der Waals surface area contributed by atoms with Crippen molar-refractivity contribution in [2.45, 2.75) is 6.92 Å². The van der Waals surface area contributed by atoms with Gasteiger partial charge in [0.15, 0.2) is 0 Å². The molecule has 1 aliphatic heterocycles. The van der Waals surface area contributed by atoms with Crippen LogP contribution in [0.3, 0.4) is 0 Å². The van der Waals surface area contributed by atoms with Gasteiger partial charge in [-0.3, -0.25) is 4.90 Å². The van der Waals surface area contributed by atoms with E-state index in [0.717, 1.165) is 26.3 Å². The van der Waals surface area contributed by atoms with Crippen LogP contribution in [0.1, 0.15) is 6.92 Å². The van der Waals surface area contributed by atoms with Crippen molar-refractivity contribution in [1.82, 2.24) is 10.2 Å². The Morgan fingerprint density at radius 3 is 3.00 bits per heavy atom. The highest BCUT2D eigenvalue weighted by molar-refractivity contribution is 5.86. The van der Waals surface area contributed by atoms with Crippen LogP contribution in [0.4, 0.5) is 0 Å². The van der Waals surface area contributed by atoms with Crippen LogP contribution in [0, 0.1) is 0 Å². The van der Waals surface area contributed by atoms with Crippen LogP contribution in [0.2, 0.25) is 0 Å². The molecule has 1 fully saturated rings. The number of nitrogens with one attached hydrogen (secondary N) is 1. The van der Waals surface area contributed by atoms with Gasteiger partial charge in [-0.25, -0.2) is 4.79 Å². The summed E-state index contributed by atoms with van der Waals surface area (Å²) in [5.41, 5.74) is 0.458. The Kier molecular flexibility index (Phi) is 3.92. The van der Waals surface area contributed by atoms with Gasteiger partial charge >= 0.3 is 5.97 Å². The van der Waals surface area contributed by atoms with E-state index in [-0.39, 0.29) is 5.97 Å². The number of hydrogen-bond donors (Lipinski definition) is 1. The van der Waals surface area contributed by atoms with Crippen molar-refractivity contribution in [2.75, 3.05) is 32.9 Å². The van der Waals surface area contributed by atoms with Crippen LogP contribution < -0.4 is 5.32 Å². The first kappa shape index (κ1) is 10.2. The molecule has 0 spiro atoms. The van der Waals surface area contributed by atoms with E-state index < -0.39 is 0 Å². The van der Waals surface area contributed by atoms with Crippen LogP contribution in [0.5, 0.6) is 0 Å². The van der Waals surface area contributed by atoms with Crippen molar-refractivity contribution in [3.63, 3.8) is 0 Å². The lowest BCUT2D eigenvalue weighted by atomic mass is 10.4. The monoisotopic (exact) mass is 184 g/mol. The third-order valence-corrected chi connectivity index (χ3v) is 1.93. The molecule has 0 aromatic carbocycles. The van der Waals surface area contributed by atoms with Crippen molar-refractivity contribution < 1.29 is 9.53 Å². The Morgan fingerprint density at radius 1 is 1.69 bits per heavy atom. The quantitative estimate of drug-likeness (QED) is 0.492. The Balaban J connectivity index is 2.06. The van der Waals surface area contributed by atoms with E-state index in [1.54, 1.807) is 6.92 Å². The summed E-state index contributed by atoms with van der Waals surface area (Å²) < 4.78 is 4.96. The van der Waals surface area contributed by atoms with E-state index in [9.17, 15) is 4.79 Å². The number of carbonyl (C=O) groups excluding carboxylic acids is 1. The summed E-state index contributed by atoms with van der Waals surface area (Å²) in [6, 6.07) is 0. The van der Waals surface area contributed by atoms with Crippen molar-refractivity contribution >= 4 is 5.97 Å². The SMILES string of the molecule is C=C(C)C(=O)OCCN1CCNC1. The topological polar surface area (TPSA) is 41.6 Å². The van der Waals surface area contributed by atoms with Crippen molar-refractivity contribution in [2.24, 2.45) is 0 Å². The maximum absolute atomic E-state index is 11.0. The molecule has 0 saturated carbocycles. The zero-order valence-corrected chi connectivity index (χ0v) is 8.01. The minimum atomic E-state index is -0.299. The molecule has 0 aromatic heterocycles. The van der Waals surface area contributed by atoms with E-state index >= 15 is 0 Å². The lowest BCUT2D eigenvalue weighted by Crippen LogP contribution is -2.27. The molecule has 4 heteroatoms. The highest BCUT2D eigenvalue weighted by atomic mass is 16.5. The second kappa shape index (κ2) is 4.99. The van der Waals surface area contributed by atoms with Gasteiger partial charge in [0.05, 0.1) is 0 Å². The van der Waals surface area contributed by atoms with E-state index in [4.69, 9.17) is 4.74 Å². The number of rotatable bonds is 4. The Bertz CT molecular complexity index is 198. The zero-order valence-electron chi connectivity index (χ0n) is 8.01. The highest BCUT2D eigenvalue weighted by Gasteiger charge is 2.10. The summed E-state index contributed by atoms with van der Waals surface area (Å²) in [7, 11) is 0. The van der Waals surface area contributed by atoms with Gasteiger partial charge in [-0.05, 0) is 6.92 Å². The van der Waals surface area contributed by atoms with E-state index in [1.807, 2.05) is 0 Å². The molecule has 1 N–H and O–H groups in total. The predicted molar refractivity (Wildman–Crippen MR) is 50.2 cm³/mol. The third-order valence-electron chi connectivity index (χ3n) is 1.93. The average Bonchev–Trinajstić information content (AvgIpc) is 2.56. The minimum absolute atomic E-state index is 0.299. The molecule has 0 atom stereocenters. The lowest BCUT2D eigenvalue weighted by molar-refractivity contribution is -0.139. The summed E-state index contributed by atoms with van der Waals surface area (Å²) >= 11 is 0. The lowest BCUT2D eigenvalue weighted by Gasteiger charge is -2.13. The summed E-state index contributed by atoms with van der Waals surface area (Å²) in [5.74, 6) is -0.299. The number of ether oxygens (including phenoxy) is 1.